The monoisotopic (exact) mass is 228 g/mol. The van der Waals surface area contributed by atoms with Crippen molar-refractivity contribution < 1.29 is 9.90 Å². The highest BCUT2D eigenvalue weighted by atomic mass is 35.5. The van der Waals surface area contributed by atoms with Crippen molar-refractivity contribution in [1.29, 1.82) is 0 Å². The van der Waals surface area contributed by atoms with Crippen LogP contribution in [0.2, 0.25) is 0 Å². The Labute approximate surface area is 95.9 Å². The van der Waals surface area contributed by atoms with E-state index in [2.05, 4.69) is 6.92 Å². The first-order valence-electron chi connectivity index (χ1n) is 5.06. The van der Waals surface area contributed by atoms with Gasteiger partial charge < -0.3 is 5.11 Å². The van der Waals surface area contributed by atoms with Crippen LogP contribution in [0.3, 0.4) is 0 Å². The van der Waals surface area contributed by atoms with Crippen LogP contribution in [-0.4, -0.2) is 17.0 Å². The summed E-state index contributed by atoms with van der Waals surface area (Å²) in [5, 5.41) is 8.38. The quantitative estimate of drug-likeness (QED) is 0.629. The average Bonchev–Trinajstić information content (AvgIpc) is 2.28. The van der Waals surface area contributed by atoms with Gasteiger partial charge in [0.15, 0.2) is 0 Å². The molecule has 0 aliphatic carbocycles. The van der Waals surface area contributed by atoms with Crippen LogP contribution in [-0.2, 0) is 0 Å². The molecule has 0 unspecified atom stereocenters. The summed E-state index contributed by atoms with van der Waals surface area (Å²) in [7, 11) is 0. The fourth-order valence-electron chi connectivity index (χ4n) is 0.925. The van der Waals surface area contributed by atoms with E-state index in [1.165, 1.54) is 19.3 Å². The Hall–Kier alpha value is -1.02. The maximum absolute atomic E-state index is 10.2. The van der Waals surface area contributed by atoms with Gasteiger partial charge >= 0.3 is 5.97 Å². The van der Waals surface area contributed by atoms with Crippen LogP contribution in [0.5, 0.6) is 0 Å². The topological polar surface area (TPSA) is 37.3 Å². The zero-order valence-electron chi connectivity index (χ0n) is 8.95. The van der Waals surface area contributed by atoms with E-state index in [4.69, 9.17) is 16.7 Å². The Bertz CT molecular complexity index is 256. The number of benzene rings is 1. The predicted octanol–water partition coefficient (Wildman–Crippen LogP) is 3.80. The lowest BCUT2D eigenvalue weighted by Gasteiger charge is -1.88. The van der Waals surface area contributed by atoms with Crippen LogP contribution in [0.15, 0.2) is 30.3 Å². The van der Waals surface area contributed by atoms with Crippen molar-refractivity contribution in [3.8, 4) is 0 Å². The molecule has 0 bridgehead atoms. The third kappa shape index (κ3) is 8.01. The standard InChI is InChI=1S/C7H6O2.C5H11Cl/c8-7(9)6-4-2-1-3-5-6;1-2-3-4-5-6/h1-5H,(H,8,9);2-5H2,1H3. The van der Waals surface area contributed by atoms with Gasteiger partial charge in [0, 0.05) is 5.88 Å². The molecule has 84 valence electrons. The predicted molar refractivity (Wildman–Crippen MR) is 63.6 cm³/mol. The molecule has 0 saturated heterocycles. The minimum absolute atomic E-state index is 0.331. The molecule has 0 amide bonds. The highest BCUT2D eigenvalue weighted by Crippen LogP contribution is 1.96. The van der Waals surface area contributed by atoms with Gasteiger partial charge in [-0.1, -0.05) is 38.0 Å². The van der Waals surface area contributed by atoms with Crippen molar-refractivity contribution >= 4 is 17.6 Å². The van der Waals surface area contributed by atoms with Gasteiger partial charge in [-0.25, -0.2) is 4.79 Å². The molecule has 15 heavy (non-hydrogen) atoms. The fraction of sp³-hybridized carbons (Fsp3) is 0.417. The summed E-state index contributed by atoms with van der Waals surface area (Å²) >= 11 is 5.38. The number of carbonyl (C=O) groups is 1. The molecule has 0 radical (unpaired) electrons. The molecular formula is C12H17ClO2. The van der Waals surface area contributed by atoms with Gasteiger partial charge in [0.05, 0.1) is 5.56 Å². The van der Waals surface area contributed by atoms with Crippen molar-refractivity contribution in [2.45, 2.75) is 26.2 Å². The number of aromatic carboxylic acids is 1. The van der Waals surface area contributed by atoms with Crippen molar-refractivity contribution in [1.82, 2.24) is 0 Å². The maximum atomic E-state index is 10.2. The van der Waals surface area contributed by atoms with Crippen molar-refractivity contribution in [3.63, 3.8) is 0 Å². The molecular weight excluding hydrogens is 212 g/mol. The van der Waals surface area contributed by atoms with E-state index >= 15 is 0 Å². The summed E-state index contributed by atoms with van der Waals surface area (Å²) in [4.78, 5) is 10.2. The van der Waals surface area contributed by atoms with Gasteiger partial charge in [-0.05, 0) is 18.6 Å². The van der Waals surface area contributed by atoms with Crippen molar-refractivity contribution in [2.75, 3.05) is 5.88 Å². The van der Waals surface area contributed by atoms with Gasteiger partial charge in [0.25, 0.3) is 0 Å². The third-order valence-corrected chi connectivity index (χ3v) is 2.03. The van der Waals surface area contributed by atoms with Gasteiger partial charge in [-0.15, -0.1) is 11.6 Å². The number of carboxylic acids is 1. The summed E-state index contributed by atoms with van der Waals surface area (Å²) in [5.74, 6) is -0.0519. The van der Waals surface area contributed by atoms with E-state index in [9.17, 15) is 4.79 Å². The lowest BCUT2D eigenvalue weighted by Crippen LogP contribution is -1.93. The second-order valence-electron chi connectivity index (χ2n) is 3.07. The van der Waals surface area contributed by atoms with Gasteiger partial charge in [-0.2, -0.15) is 0 Å². The summed E-state index contributed by atoms with van der Waals surface area (Å²) in [5.41, 5.74) is 0.331. The minimum atomic E-state index is -0.879. The summed E-state index contributed by atoms with van der Waals surface area (Å²) in [6.07, 6.45) is 3.73. The largest absolute Gasteiger partial charge is 0.478 e. The van der Waals surface area contributed by atoms with Crippen LogP contribution in [0.1, 0.15) is 36.5 Å². The average molecular weight is 229 g/mol. The van der Waals surface area contributed by atoms with Crippen LogP contribution in [0.25, 0.3) is 0 Å². The van der Waals surface area contributed by atoms with Gasteiger partial charge in [0.2, 0.25) is 0 Å². The Morgan fingerprint density at radius 3 is 2.13 bits per heavy atom. The van der Waals surface area contributed by atoms with Crippen LogP contribution < -0.4 is 0 Å². The molecule has 0 fully saturated rings. The summed E-state index contributed by atoms with van der Waals surface area (Å²) < 4.78 is 0. The molecule has 2 nitrogen and oxygen atoms in total. The zero-order chi connectivity index (χ0) is 11.5. The normalized spacial score (nSPS) is 8.93. The molecule has 0 aliphatic heterocycles. The highest BCUT2D eigenvalue weighted by Gasteiger charge is 1.96. The number of halogens is 1. The van der Waals surface area contributed by atoms with E-state index in [1.807, 2.05) is 0 Å². The number of hydrogen-bond donors (Lipinski definition) is 1. The second kappa shape index (κ2) is 9.53. The molecule has 1 N–H and O–H groups in total. The van der Waals surface area contributed by atoms with E-state index in [1.54, 1.807) is 30.3 Å². The van der Waals surface area contributed by atoms with Crippen LogP contribution in [0.4, 0.5) is 0 Å². The number of unbranched alkanes of at least 4 members (excludes halogenated alkanes) is 2. The Balaban J connectivity index is 0.000000288. The van der Waals surface area contributed by atoms with Gasteiger partial charge in [-0.3, -0.25) is 0 Å². The Morgan fingerprint density at radius 2 is 1.87 bits per heavy atom. The lowest BCUT2D eigenvalue weighted by molar-refractivity contribution is 0.0697. The SMILES string of the molecule is CCCCCCl.O=C(O)c1ccccc1. The second-order valence-corrected chi connectivity index (χ2v) is 3.45. The Morgan fingerprint density at radius 1 is 1.27 bits per heavy atom. The van der Waals surface area contributed by atoms with Gasteiger partial charge in [0.1, 0.15) is 0 Å². The molecule has 1 rings (SSSR count). The first kappa shape index (κ1) is 14.0. The van der Waals surface area contributed by atoms with E-state index < -0.39 is 5.97 Å². The molecule has 0 spiro atoms. The molecule has 1 aromatic rings. The van der Waals surface area contributed by atoms with Crippen LogP contribution in [0, 0.1) is 0 Å². The van der Waals surface area contributed by atoms with E-state index in [-0.39, 0.29) is 0 Å². The van der Waals surface area contributed by atoms with Crippen molar-refractivity contribution in [2.24, 2.45) is 0 Å². The number of alkyl halides is 1. The molecule has 0 heterocycles. The molecule has 3 heteroatoms. The van der Waals surface area contributed by atoms with E-state index in [0.29, 0.717) is 5.56 Å². The Kier molecular flexibility index (Phi) is 8.88. The lowest BCUT2D eigenvalue weighted by atomic mass is 10.2. The molecule has 0 atom stereocenters. The van der Waals surface area contributed by atoms with Crippen LogP contribution >= 0.6 is 11.6 Å². The first-order chi connectivity index (χ1) is 7.22. The first-order valence-corrected chi connectivity index (χ1v) is 5.60. The number of rotatable bonds is 4. The molecule has 0 aromatic heterocycles. The molecule has 0 saturated carbocycles. The highest BCUT2D eigenvalue weighted by molar-refractivity contribution is 6.17. The number of carboxylic acid groups (broad SMARTS) is 1. The molecule has 1 aromatic carbocycles. The minimum Gasteiger partial charge on any atom is -0.478 e. The zero-order valence-corrected chi connectivity index (χ0v) is 9.70. The number of hydrogen-bond acceptors (Lipinski definition) is 1. The molecule has 0 aliphatic rings. The summed E-state index contributed by atoms with van der Waals surface area (Å²) in [6.45, 7) is 2.17. The maximum Gasteiger partial charge on any atom is 0.335 e. The third-order valence-electron chi connectivity index (χ3n) is 1.76. The smallest absolute Gasteiger partial charge is 0.335 e. The summed E-state index contributed by atoms with van der Waals surface area (Å²) in [6, 6.07) is 8.30. The van der Waals surface area contributed by atoms with E-state index in [0.717, 1.165) is 5.88 Å². The fourth-order valence-corrected chi connectivity index (χ4v) is 1.11. The van der Waals surface area contributed by atoms with Crippen molar-refractivity contribution in [3.05, 3.63) is 35.9 Å².